The Kier molecular flexibility index (Phi) is 5.87. The maximum absolute atomic E-state index is 12.9. The third-order valence-corrected chi connectivity index (χ3v) is 5.39. The van der Waals surface area contributed by atoms with E-state index in [1.807, 2.05) is 35.2 Å². The van der Waals surface area contributed by atoms with Crippen molar-refractivity contribution in [2.24, 2.45) is 0 Å². The van der Waals surface area contributed by atoms with Crippen molar-refractivity contribution in [1.82, 2.24) is 0 Å². The average molecular weight is 379 g/mol. The molecule has 0 spiro atoms. The number of aryl methyl sites for hydroxylation is 1. The minimum Gasteiger partial charge on any atom is -0.312 e. The van der Waals surface area contributed by atoms with Crippen molar-refractivity contribution < 1.29 is 9.59 Å². The third-order valence-electron chi connectivity index (χ3n) is 5.39. The Labute approximate surface area is 168 Å². The van der Waals surface area contributed by atoms with Crippen molar-refractivity contribution in [3.8, 4) is 0 Å². The summed E-state index contributed by atoms with van der Waals surface area (Å²) in [5, 5.41) is 0. The van der Waals surface area contributed by atoms with E-state index in [4.69, 9.17) is 0 Å². The van der Waals surface area contributed by atoms with Crippen LogP contribution in [-0.4, -0.2) is 24.9 Å². The topological polar surface area (TPSA) is 40.6 Å². The minimum atomic E-state index is -0.0460. The van der Waals surface area contributed by atoms with Crippen LogP contribution in [0.4, 0.5) is 11.4 Å². The minimum absolute atomic E-state index is 0.0460. The average Bonchev–Trinajstić information content (AvgIpc) is 2.67. The molecule has 0 aliphatic carbocycles. The molecule has 28 heavy (non-hydrogen) atoms. The van der Waals surface area contributed by atoms with Gasteiger partial charge in [0.15, 0.2) is 0 Å². The molecule has 0 bridgehead atoms. The lowest BCUT2D eigenvalue weighted by atomic mass is 9.87. The van der Waals surface area contributed by atoms with E-state index in [0.29, 0.717) is 13.0 Å². The smallest absolute Gasteiger partial charge is 0.228 e. The number of benzene rings is 2. The molecule has 0 unspecified atom stereocenters. The van der Waals surface area contributed by atoms with Crippen LogP contribution in [-0.2, 0) is 21.4 Å². The number of fused-ring (bicyclic) bond motifs is 1. The van der Waals surface area contributed by atoms with Crippen LogP contribution in [0, 0.1) is 0 Å². The van der Waals surface area contributed by atoms with E-state index in [0.717, 1.165) is 30.8 Å². The SMILES string of the molecule is CC(=O)N(CCC(=O)N1CCCc2ccccc21)c1ccc(C(C)(C)C)cc1. The van der Waals surface area contributed by atoms with Crippen molar-refractivity contribution >= 4 is 23.2 Å². The Morgan fingerprint density at radius 3 is 2.36 bits per heavy atom. The van der Waals surface area contributed by atoms with E-state index in [2.05, 4.69) is 39.0 Å². The van der Waals surface area contributed by atoms with E-state index < -0.39 is 0 Å². The normalized spacial score (nSPS) is 13.8. The van der Waals surface area contributed by atoms with E-state index in [9.17, 15) is 9.59 Å². The summed E-state index contributed by atoms with van der Waals surface area (Å²) in [7, 11) is 0. The maximum Gasteiger partial charge on any atom is 0.228 e. The van der Waals surface area contributed by atoms with Crippen LogP contribution in [0.25, 0.3) is 0 Å². The lowest BCUT2D eigenvalue weighted by Crippen LogP contribution is -2.39. The number of amides is 2. The highest BCUT2D eigenvalue weighted by Gasteiger charge is 2.23. The Morgan fingerprint density at radius 2 is 1.71 bits per heavy atom. The second-order valence-electron chi connectivity index (χ2n) is 8.50. The standard InChI is InChI=1S/C24H30N2O2/c1-18(27)25(21-13-11-20(12-14-21)24(2,3)4)17-15-23(28)26-16-7-9-19-8-5-6-10-22(19)26/h5-6,8,10-14H,7,9,15-17H2,1-4H3. The highest BCUT2D eigenvalue weighted by atomic mass is 16.2. The molecule has 0 radical (unpaired) electrons. The highest BCUT2D eigenvalue weighted by Crippen LogP contribution is 2.28. The van der Waals surface area contributed by atoms with Crippen LogP contribution in [0.5, 0.6) is 0 Å². The summed E-state index contributed by atoms with van der Waals surface area (Å²) in [6, 6.07) is 16.2. The molecule has 1 aliphatic heterocycles. The number of anilines is 2. The van der Waals surface area contributed by atoms with Crippen molar-refractivity contribution in [2.75, 3.05) is 22.9 Å². The quantitative estimate of drug-likeness (QED) is 0.773. The van der Waals surface area contributed by atoms with Gasteiger partial charge in [0.1, 0.15) is 0 Å². The van der Waals surface area contributed by atoms with E-state index >= 15 is 0 Å². The number of hydrogen-bond donors (Lipinski definition) is 0. The Hall–Kier alpha value is -2.62. The summed E-state index contributed by atoms with van der Waals surface area (Å²) in [4.78, 5) is 28.7. The van der Waals surface area contributed by atoms with Crippen LogP contribution in [0.1, 0.15) is 51.7 Å². The van der Waals surface area contributed by atoms with Gasteiger partial charge in [0, 0.05) is 37.8 Å². The predicted octanol–water partition coefficient (Wildman–Crippen LogP) is 4.71. The van der Waals surface area contributed by atoms with Gasteiger partial charge in [-0.1, -0.05) is 51.1 Å². The van der Waals surface area contributed by atoms with Gasteiger partial charge in [-0.15, -0.1) is 0 Å². The molecule has 0 fully saturated rings. The first-order valence-electron chi connectivity index (χ1n) is 10.0. The Bertz CT molecular complexity index is 850. The van der Waals surface area contributed by atoms with E-state index in [1.54, 1.807) is 11.8 Å². The molecule has 0 atom stereocenters. The molecule has 2 aromatic rings. The van der Waals surface area contributed by atoms with Crippen molar-refractivity contribution in [1.29, 1.82) is 0 Å². The molecule has 4 nitrogen and oxygen atoms in total. The summed E-state index contributed by atoms with van der Waals surface area (Å²) in [5.74, 6) is 0.0278. The molecule has 2 aromatic carbocycles. The van der Waals surface area contributed by atoms with Crippen molar-refractivity contribution in [3.05, 3.63) is 59.7 Å². The van der Waals surface area contributed by atoms with E-state index in [1.165, 1.54) is 11.1 Å². The van der Waals surface area contributed by atoms with Gasteiger partial charge >= 0.3 is 0 Å². The zero-order valence-electron chi connectivity index (χ0n) is 17.4. The fourth-order valence-electron chi connectivity index (χ4n) is 3.74. The molecule has 4 heteroatoms. The highest BCUT2D eigenvalue weighted by molar-refractivity contribution is 5.97. The number of para-hydroxylation sites is 1. The lowest BCUT2D eigenvalue weighted by Gasteiger charge is -2.30. The fraction of sp³-hybridized carbons (Fsp3) is 0.417. The molecule has 0 aromatic heterocycles. The monoisotopic (exact) mass is 378 g/mol. The molecular weight excluding hydrogens is 348 g/mol. The summed E-state index contributed by atoms with van der Waals surface area (Å²) in [6.45, 7) is 9.19. The maximum atomic E-state index is 12.9. The van der Waals surface area contributed by atoms with Gasteiger partial charge in [-0.3, -0.25) is 9.59 Å². The van der Waals surface area contributed by atoms with Gasteiger partial charge in [0.05, 0.1) is 0 Å². The molecule has 0 N–H and O–H groups in total. The lowest BCUT2D eigenvalue weighted by molar-refractivity contribution is -0.118. The zero-order valence-corrected chi connectivity index (χ0v) is 17.4. The number of rotatable bonds is 4. The van der Waals surface area contributed by atoms with Crippen LogP contribution >= 0.6 is 0 Å². The van der Waals surface area contributed by atoms with Crippen molar-refractivity contribution in [3.63, 3.8) is 0 Å². The molecule has 2 amide bonds. The van der Waals surface area contributed by atoms with E-state index in [-0.39, 0.29) is 17.2 Å². The molecule has 1 aliphatic rings. The second kappa shape index (κ2) is 8.17. The largest absolute Gasteiger partial charge is 0.312 e. The Morgan fingerprint density at radius 1 is 1.04 bits per heavy atom. The number of carbonyl (C=O) groups excluding carboxylic acids is 2. The van der Waals surface area contributed by atoms with Gasteiger partial charge in [0.2, 0.25) is 11.8 Å². The molecule has 0 saturated heterocycles. The third kappa shape index (κ3) is 4.44. The number of nitrogens with zero attached hydrogens (tertiary/aromatic N) is 2. The first kappa shape index (κ1) is 20.1. The Balaban J connectivity index is 1.71. The number of hydrogen-bond acceptors (Lipinski definition) is 2. The summed E-state index contributed by atoms with van der Waals surface area (Å²) < 4.78 is 0. The number of carbonyl (C=O) groups is 2. The molecule has 0 saturated carbocycles. The summed E-state index contributed by atoms with van der Waals surface area (Å²) in [6.07, 6.45) is 2.31. The van der Waals surface area contributed by atoms with Gasteiger partial charge in [-0.2, -0.15) is 0 Å². The molecular formula is C24H30N2O2. The van der Waals surface area contributed by atoms with Crippen LogP contribution in [0.2, 0.25) is 0 Å². The van der Waals surface area contributed by atoms with Gasteiger partial charge in [-0.05, 0) is 47.6 Å². The van der Waals surface area contributed by atoms with Gasteiger partial charge in [-0.25, -0.2) is 0 Å². The molecule has 148 valence electrons. The zero-order chi connectivity index (χ0) is 20.3. The molecule has 1 heterocycles. The first-order valence-corrected chi connectivity index (χ1v) is 10.0. The summed E-state index contributed by atoms with van der Waals surface area (Å²) >= 11 is 0. The molecule has 3 rings (SSSR count). The van der Waals surface area contributed by atoms with Gasteiger partial charge in [0.25, 0.3) is 0 Å². The fourth-order valence-corrected chi connectivity index (χ4v) is 3.74. The van der Waals surface area contributed by atoms with Crippen molar-refractivity contribution in [2.45, 2.75) is 52.4 Å². The second-order valence-corrected chi connectivity index (χ2v) is 8.50. The predicted molar refractivity (Wildman–Crippen MR) is 115 cm³/mol. The summed E-state index contributed by atoms with van der Waals surface area (Å²) in [5.41, 5.74) is 4.37. The first-order chi connectivity index (χ1) is 13.3. The van der Waals surface area contributed by atoms with Crippen LogP contribution in [0.3, 0.4) is 0 Å². The van der Waals surface area contributed by atoms with Gasteiger partial charge < -0.3 is 9.80 Å². The van der Waals surface area contributed by atoms with Crippen LogP contribution in [0.15, 0.2) is 48.5 Å². The van der Waals surface area contributed by atoms with Crippen LogP contribution < -0.4 is 9.80 Å².